The van der Waals surface area contributed by atoms with Crippen molar-refractivity contribution < 1.29 is 14.3 Å². The van der Waals surface area contributed by atoms with Gasteiger partial charge in [-0.25, -0.2) is 4.79 Å². The summed E-state index contributed by atoms with van der Waals surface area (Å²) in [5, 5.41) is 0. The Bertz CT molecular complexity index is 1040. The van der Waals surface area contributed by atoms with Gasteiger partial charge in [-0.15, -0.1) is 0 Å². The number of aromatic nitrogens is 1. The van der Waals surface area contributed by atoms with E-state index in [4.69, 9.17) is 9.47 Å². The number of hydrogen-bond acceptors (Lipinski definition) is 5. The molecule has 0 amide bonds. The van der Waals surface area contributed by atoms with Crippen molar-refractivity contribution >= 4 is 11.7 Å². The molecule has 0 radical (unpaired) electrons. The zero-order valence-corrected chi connectivity index (χ0v) is 18.4. The number of nitrogens with zero attached hydrogens (tertiary/aromatic N) is 2. The van der Waals surface area contributed by atoms with Gasteiger partial charge < -0.3 is 18.9 Å². The molecule has 2 aliphatic heterocycles. The lowest BCUT2D eigenvalue weighted by Crippen LogP contribution is -2.28. The number of ether oxygens (including phenoxy) is 2. The number of hydrogen-bond donors (Lipinski definition) is 0. The molecule has 0 spiro atoms. The monoisotopic (exact) mass is 410 g/mol. The lowest BCUT2D eigenvalue weighted by atomic mass is 9.86. The van der Waals surface area contributed by atoms with Crippen molar-refractivity contribution in [2.75, 3.05) is 32.2 Å². The number of carbonyl (C=O) groups excluding carboxylic acids is 1. The number of rotatable bonds is 4. The normalized spacial score (nSPS) is 20.3. The molecule has 30 heavy (non-hydrogen) atoms. The van der Waals surface area contributed by atoms with Crippen LogP contribution in [0, 0.1) is 12.8 Å². The van der Waals surface area contributed by atoms with E-state index in [0.29, 0.717) is 11.5 Å². The Hall–Kier alpha value is -2.60. The molecular formula is C24H30N2O4. The van der Waals surface area contributed by atoms with Crippen LogP contribution in [0.3, 0.4) is 0 Å². The first-order valence-electron chi connectivity index (χ1n) is 10.6. The topological polar surface area (TPSA) is 60.8 Å². The van der Waals surface area contributed by atoms with Crippen molar-refractivity contribution in [3.05, 3.63) is 51.3 Å². The number of aryl methyl sites for hydroxylation is 1. The Morgan fingerprint density at radius 1 is 1.20 bits per heavy atom. The number of fused-ring (bicyclic) bond motifs is 3. The van der Waals surface area contributed by atoms with Crippen LogP contribution in [0.1, 0.15) is 47.8 Å². The highest BCUT2D eigenvalue weighted by molar-refractivity contribution is 5.98. The Balaban J connectivity index is 1.91. The predicted molar refractivity (Wildman–Crippen MR) is 117 cm³/mol. The molecular weight excluding hydrogens is 380 g/mol. The van der Waals surface area contributed by atoms with Gasteiger partial charge in [-0.3, -0.25) is 4.79 Å². The molecule has 2 atom stereocenters. The third kappa shape index (κ3) is 3.43. The number of esters is 1. The average Bonchev–Trinajstić information content (AvgIpc) is 3.21. The summed E-state index contributed by atoms with van der Waals surface area (Å²) in [5.41, 5.74) is 5.17. The van der Waals surface area contributed by atoms with E-state index in [9.17, 15) is 9.59 Å². The first-order valence-corrected chi connectivity index (χ1v) is 10.6. The van der Waals surface area contributed by atoms with E-state index in [0.717, 1.165) is 48.4 Å². The minimum atomic E-state index is -0.361. The average molecular weight is 411 g/mol. The minimum absolute atomic E-state index is 0.0165. The molecule has 1 fully saturated rings. The van der Waals surface area contributed by atoms with Gasteiger partial charge >= 0.3 is 5.97 Å². The second-order valence-electron chi connectivity index (χ2n) is 8.74. The molecule has 0 bridgehead atoms. The van der Waals surface area contributed by atoms with Gasteiger partial charge in [0, 0.05) is 49.6 Å². The van der Waals surface area contributed by atoms with Crippen LogP contribution in [0.2, 0.25) is 0 Å². The zero-order valence-electron chi connectivity index (χ0n) is 18.4. The van der Waals surface area contributed by atoms with E-state index >= 15 is 0 Å². The van der Waals surface area contributed by atoms with Crippen LogP contribution in [0.5, 0.6) is 0 Å². The number of benzene rings is 1. The summed E-state index contributed by atoms with van der Waals surface area (Å²) in [6.07, 6.45) is 3.91. The van der Waals surface area contributed by atoms with Crippen LogP contribution >= 0.6 is 0 Å². The summed E-state index contributed by atoms with van der Waals surface area (Å²) in [7, 11) is 3.14. The molecule has 1 aromatic carbocycles. The molecule has 1 saturated heterocycles. The number of pyridine rings is 1. The van der Waals surface area contributed by atoms with Crippen molar-refractivity contribution in [1.82, 2.24) is 4.57 Å². The van der Waals surface area contributed by atoms with Crippen molar-refractivity contribution in [3.63, 3.8) is 0 Å². The third-order valence-corrected chi connectivity index (χ3v) is 6.55. The molecule has 3 heterocycles. The Kier molecular flexibility index (Phi) is 5.45. The number of anilines is 1. The lowest BCUT2D eigenvalue weighted by Gasteiger charge is -2.34. The smallest absolute Gasteiger partial charge is 0.339 e. The zero-order chi connectivity index (χ0) is 21.6. The molecule has 0 saturated carbocycles. The molecule has 0 aliphatic carbocycles. The highest BCUT2D eigenvalue weighted by atomic mass is 16.5. The van der Waals surface area contributed by atoms with Crippen molar-refractivity contribution in [2.24, 2.45) is 5.92 Å². The van der Waals surface area contributed by atoms with Gasteiger partial charge in [0.25, 0.3) is 0 Å². The molecule has 0 N–H and O–H groups in total. The fourth-order valence-electron chi connectivity index (χ4n) is 4.74. The van der Waals surface area contributed by atoms with Gasteiger partial charge in [0.1, 0.15) is 0 Å². The molecule has 4 rings (SSSR count). The Morgan fingerprint density at radius 3 is 2.60 bits per heavy atom. The maximum Gasteiger partial charge on any atom is 0.339 e. The molecule has 2 aromatic rings. The third-order valence-electron chi connectivity index (χ3n) is 6.55. The van der Waals surface area contributed by atoms with Gasteiger partial charge in [0.15, 0.2) is 5.43 Å². The summed E-state index contributed by atoms with van der Waals surface area (Å²) >= 11 is 0. The summed E-state index contributed by atoms with van der Waals surface area (Å²) in [6.45, 7) is 7.86. The highest BCUT2D eigenvalue weighted by Crippen LogP contribution is 2.41. The van der Waals surface area contributed by atoms with Gasteiger partial charge in [0.2, 0.25) is 0 Å². The lowest BCUT2D eigenvalue weighted by molar-refractivity contribution is 0.0601. The van der Waals surface area contributed by atoms with E-state index in [1.54, 1.807) is 13.2 Å². The fourth-order valence-corrected chi connectivity index (χ4v) is 4.74. The van der Waals surface area contributed by atoms with Crippen molar-refractivity contribution in [2.45, 2.75) is 45.8 Å². The number of methoxy groups -OCH3 is 2. The standard InChI is InChI=1S/C24H30N2O4/c1-14(2)20-8-16-9-21(25-7-6-17(13-25)29-4)19(24(28)30-5)10-18(16)22-11-23(27)15(3)12-26(20)22/h9-12,14,17,20H,6-8,13H2,1-5H3/t17-,20?/m1/s1. The summed E-state index contributed by atoms with van der Waals surface area (Å²) < 4.78 is 12.8. The first kappa shape index (κ1) is 20.7. The Morgan fingerprint density at radius 2 is 1.97 bits per heavy atom. The van der Waals surface area contributed by atoms with Crippen molar-refractivity contribution in [3.8, 4) is 11.3 Å². The van der Waals surface area contributed by atoms with Crippen molar-refractivity contribution in [1.29, 1.82) is 0 Å². The van der Waals surface area contributed by atoms with Crippen LogP contribution < -0.4 is 10.3 Å². The fraction of sp³-hybridized carbons (Fsp3) is 0.500. The predicted octanol–water partition coefficient (Wildman–Crippen LogP) is 3.59. The van der Waals surface area contributed by atoms with E-state index < -0.39 is 0 Å². The summed E-state index contributed by atoms with van der Waals surface area (Å²) in [5.74, 6) is 0.0489. The second-order valence-corrected chi connectivity index (χ2v) is 8.74. The van der Waals surface area contributed by atoms with E-state index in [-0.39, 0.29) is 23.5 Å². The SMILES string of the molecule is COC(=O)c1cc2c(cc1N1CC[C@@H](OC)C1)CC(C(C)C)n1cc(C)c(=O)cc1-2. The van der Waals surface area contributed by atoms with Gasteiger partial charge in [-0.05, 0) is 43.4 Å². The molecule has 160 valence electrons. The van der Waals surface area contributed by atoms with Crippen LogP contribution in [0.25, 0.3) is 11.3 Å². The summed E-state index contributed by atoms with van der Waals surface area (Å²) in [6, 6.07) is 6.01. The van der Waals surface area contributed by atoms with Gasteiger partial charge in [0.05, 0.1) is 30.2 Å². The van der Waals surface area contributed by atoms with E-state index in [1.807, 2.05) is 19.2 Å². The van der Waals surface area contributed by atoms with Crippen LogP contribution in [-0.4, -0.2) is 43.9 Å². The van der Waals surface area contributed by atoms with Gasteiger partial charge in [-0.1, -0.05) is 13.8 Å². The maximum atomic E-state index is 12.7. The minimum Gasteiger partial charge on any atom is -0.465 e. The maximum absolute atomic E-state index is 12.7. The second kappa shape index (κ2) is 7.91. The summed E-state index contributed by atoms with van der Waals surface area (Å²) in [4.78, 5) is 27.4. The Labute approximate surface area is 177 Å². The van der Waals surface area contributed by atoms with Crippen LogP contribution in [0.15, 0.2) is 29.2 Å². The first-order chi connectivity index (χ1) is 14.3. The molecule has 2 aliphatic rings. The molecule has 6 nitrogen and oxygen atoms in total. The van der Waals surface area contributed by atoms with Crippen LogP contribution in [0.4, 0.5) is 5.69 Å². The molecule has 6 heteroatoms. The van der Waals surface area contributed by atoms with E-state index in [2.05, 4.69) is 29.4 Å². The van der Waals surface area contributed by atoms with Gasteiger partial charge in [-0.2, -0.15) is 0 Å². The highest BCUT2D eigenvalue weighted by Gasteiger charge is 2.31. The molecule has 1 unspecified atom stereocenters. The quantitative estimate of drug-likeness (QED) is 0.721. The number of carbonyl (C=O) groups is 1. The largest absolute Gasteiger partial charge is 0.465 e. The molecule has 1 aromatic heterocycles. The van der Waals surface area contributed by atoms with Crippen LogP contribution in [-0.2, 0) is 15.9 Å². The van der Waals surface area contributed by atoms with E-state index in [1.165, 1.54) is 12.7 Å².